The van der Waals surface area contributed by atoms with Gasteiger partial charge in [-0.3, -0.25) is 0 Å². The van der Waals surface area contributed by atoms with Crippen LogP contribution < -0.4 is 10.6 Å². The van der Waals surface area contributed by atoms with E-state index in [-0.39, 0.29) is 17.9 Å². The van der Waals surface area contributed by atoms with Crippen molar-refractivity contribution in [1.82, 2.24) is 10.6 Å². The third-order valence-electron chi connectivity index (χ3n) is 3.02. The summed E-state index contributed by atoms with van der Waals surface area (Å²) in [6.07, 6.45) is 0.664. The number of rotatable bonds is 4. The average Bonchev–Trinajstić information content (AvgIpc) is 2.94. The highest BCUT2D eigenvalue weighted by Crippen LogP contribution is 2.49. The molecule has 0 aromatic heterocycles. The zero-order chi connectivity index (χ0) is 12.3. The Morgan fingerprint density at radius 1 is 1.50 bits per heavy atom. The fourth-order valence-electron chi connectivity index (χ4n) is 2.05. The van der Waals surface area contributed by atoms with Gasteiger partial charge in [-0.2, -0.15) is 0 Å². The van der Waals surface area contributed by atoms with Gasteiger partial charge in [0.15, 0.2) is 0 Å². The minimum atomic E-state index is -0.801. The van der Waals surface area contributed by atoms with Gasteiger partial charge >= 0.3 is 12.0 Å². The molecule has 0 saturated heterocycles. The minimum Gasteiger partial charge on any atom is -0.464 e. The van der Waals surface area contributed by atoms with E-state index < -0.39 is 5.54 Å². The second kappa shape index (κ2) is 4.72. The highest BCUT2D eigenvalue weighted by molar-refractivity contribution is 5.90. The highest BCUT2D eigenvalue weighted by Gasteiger charge is 2.63. The van der Waals surface area contributed by atoms with Gasteiger partial charge in [-0.05, 0) is 25.2 Å². The number of amides is 2. The van der Waals surface area contributed by atoms with Gasteiger partial charge in [0.25, 0.3) is 0 Å². The van der Waals surface area contributed by atoms with E-state index in [9.17, 15) is 9.59 Å². The number of esters is 1. The van der Waals surface area contributed by atoms with Gasteiger partial charge in [0.1, 0.15) is 5.54 Å². The van der Waals surface area contributed by atoms with Crippen molar-refractivity contribution >= 4 is 12.0 Å². The van der Waals surface area contributed by atoms with Crippen LogP contribution in [0.2, 0.25) is 0 Å². The third kappa shape index (κ3) is 2.28. The Labute approximate surface area is 95.9 Å². The lowest BCUT2D eigenvalue weighted by atomic mass is 10.0. The van der Waals surface area contributed by atoms with Gasteiger partial charge in [-0.25, -0.2) is 9.59 Å². The molecule has 0 radical (unpaired) electrons. The fraction of sp³-hybridized carbons (Fsp3) is 0.818. The molecule has 1 fully saturated rings. The molecule has 1 rings (SSSR count). The minimum absolute atomic E-state index is 0.170. The van der Waals surface area contributed by atoms with Crippen LogP contribution in [0.4, 0.5) is 4.79 Å². The number of ether oxygens (including phenoxy) is 1. The van der Waals surface area contributed by atoms with E-state index in [1.807, 2.05) is 13.8 Å². The third-order valence-corrected chi connectivity index (χ3v) is 3.02. The van der Waals surface area contributed by atoms with Crippen molar-refractivity contribution in [1.29, 1.82) is 0 Å². The maximum atomic E-state index is 11.8. The van der Waals surface area contributed by atoms with Crippen molar-refractivity contribution in [3.63, 3.8) is 0 Å². The molecule has 92 valence electrons. The molecule has 0 aromatic rings. The van der Waals surface area contributed by atoms with Crippen LogP contribution in [0.5, 0.6) is 0 Å². The quantitative estimate of drug-likeness (QED) is 0.702. The molecule has 0 heterocycles. The van der Waals surface area contributed by atoms with Gasteiger partial charge in [0.05, 0.1) is 6.61 Å². The fourth-order valence-corrected chi connectivity index (χ4v) is 2.05. The van der Waals surface area contributed by atoms with Gasteiger partial charge in [0.2, 0.25) is 0 Å². The van der Waals surface area contributed by atoms with Crippen LogP contribution in [0.3, 0.4) is 0 Å². The summed E-state index contributed by atoms with van der Waals surface area (Å²) >= 11 is 0. The zero-order valence-corrected chi connectivity index (χ0v) is 10.3. The summed E-state index contributed by atoms with van der Waals surface area (Å²) in [5.74, 6) is 0.197. The normalized spacial score (nSPS) is 27.4. The second-order valence-electron chi connectivity index (χ2n) is 4.45. The van der Waals surface area contributed by atoms with Crippen molar-refractivity contribution in [3.8, 4) is 0 Å². The Kier molecular flexibility index (Phi) is 3.78. The Morgan fingerprint density at radius 2 is 2.12 bits per heavy atom. The van der Waals surface area contributed by atoms with Crippen molar-refractivity contribution in [2.75, 3.05) is 13.7 Å². The summed E-state index contributed by atoms with van der Waals surface area (Å²) in [6.45, 7) is 6.17. The maximum Gasteiger partial charge on any atom is 0.332 e. The van der Waals surface area contributed by atoms with E-state index in [4.69, 9.17) is 4.74 Å². The molecule has 2 amide bonds. The van der Waals surface area contributed by atoms with Crippen molar-refractivity contribution in [3.05, 3.63) is 0 Å². The molecule has 2 N–H and O–H groups in total. The average molecular weight is 228 g/mol. The molecule has 1 aliphatic carbocycles. The van der Waals surface area contributed by atoms with E-state index in [2.05, 4.69) is 10.6 Å². The first-order valence-corrected chi connectivity index (χ1v) is 5.65. The second-order valence-corrected chi connectivity index (χ2v) is 4.45. The summed E-state index contributed by atoms with van der Waals surface area (Å²) in [7, 11) is 1.53. The van der Waals surface area contributed by atoms with Crippen molar-refractivity contribution in [2.45, 2.75) is 32.7 Å². The summed E-state index contributed by atoms with van der Waals surface area (Å²) < 4.78 is 5.01. The lowest BCUT2D eigenvalue weighted by Crippen LogP contribution is -2.49. The molecular formula is C11H20N2O3. The van der Waals surface area contributed by atoms with E-state index in [0.29, 0.717) is 18.9 Å². The SMILES string of the molecule is CCOC(=O)C1(NC(=O)NC)CC1C(C)C. The molecule has 5 nitrogen and oxygen atoms in total. The van der Waals surface area contributed by atoms with Crippen molar-refractivity contribution in [2.24, 2.45) is 11.8 Å². The van der Waals surface area contributed by atoms with Crippen LogP contribution in [-0.2, 0) is 9.53 Å². The largest absolute Gasteiger partial charge is 0.464 e. The first-order chi connectivity index (χ1) is 7.47. The molecule has 0 spiro atoms. The molecule has 0 aliphatic heterocycles. The number of carbonyl (C=O) groups is 2. The predicted octanol–water partition coefficient (Wildman–Crippen LogP) is 0.893. The maximum absolute atomic E-state index is 11.8. The van der Waals surface area contributed by atoms with Crippen LogP contribution >= 0.6 is 0 Å². The molecular weight excluding hydrogens is 208 g/mol. The molecule has 1 saturated carbocycles. The predicted molar refractivity (Wildman–Crippen MR) is 59.9 cm³/mol. The van der Waals surface area contributed by atoms with Crippen LogP contribution in [0.15, 0.2) is 0 Å². The van der Waals surface area contributed by atoms with E-state index in [1.54, 1.807) is 6.92 Å². The van der Waals surface area contributed by atoms with E-state index >= 15 is 0 Å². The number of urea groups is 1. The molecule has 1 aliphatic rings. The van der Waals surface area contributed by atoms with Gasteiger partial charge in [-0.15, -0.1) is 0 Å². The Bertz CT molecular complexity index is 291. The number of nitrogens with one attached hydrogen (secondary N) is 2. The number of carbonyl (C=O) groups excluding carboxylic acids is 2. The lowest BCUT2D eigenvalue weighted by molar-refractivity contribution is -0.147. The summed E-state index contributed by atoms with van der Waals surface area (Å²) in [4.78, 5) is 23.1. The van der Waals surface area contributed by atoms with Crippen LogP contribution in [0.25, 0.3) is 0 Å². The van der Waals surface area contributed by atoms with E-state index in [1.165, 1.54) is 7.05 Å². The molecule has 2 unspecified atom stereocenters. The highest BCUT2D eigenvalue weighted by atomic mass is 16.5. The first kappa shape index (κ1) is 12.8. The lowest BCUT2D eigenvalue weighted by Gasteiger charge is -2.18. The van der Waals surface area contributed by atoms with Crippen molar-refractivity contribution < 1.29 is 14.3 Å². The smallest absolute Gasteiger partial charge is 0.332 e. The standard InChI is InChI=1S/C11H20N2O3/c1-5-16-9(14)11(13-10(15)12-4)6-8(11)7(2)3/h7-8H,5-6H2,1-4H3,(H2,12,13,15). The molecule has 2 atom stereocenters. The monoisotopic (exact) mass is 228 g/mol. The molecule has 16 heavy (non-hydrogen) atoms. The summed E-state index contributed by atoms with van der Waals surface area (Å²) in [6, 6.07) is -0.337. The van der Waals surface area contributed by atoms with Crippen LogP contribution in [0.1, 0.15) is 27.2 Å². The summed E-state index contributed by atoms with van der Waals surface area (Å²) in [5, 5.41) is 5.17. The first-order valence-electron chi connectivity index (χ1n) is 5.65. The Hall–Kier alpha value is -1.26. The summed E-state index contributed by atoms with van der Waals surface area (Å²) in [5.41, 5.74) is -0.801. The van der Waals surface area contributed by atoms with Gasteiger partial charge < -0.3 is 15.4 Å². The Morgan fingerprint density at radius 3 is 2.50 bits per heavy atom. The molecule has 5 heteroatoms. The van der Waals surface area contributed by atoms with Gasteiger partial charge in [-0.1, -0.05) is 13.8 Å². The topological polar surface area (TPSA) is 67.4 Å². The number of hydrogen-bond donors (Lipinski definition) is 2. The van der Waals surface area contributed by atoms with Gasteiger partial charge in [0, 0.05) is 7.05 Å². The molecule has 0 bridgehead atoms. The van der Waals surface area contributed by atoms with E-state index in [0.717, 1.165) is 0 Å². The molecule has 0 aromatic carbocycles. The number of hydrogen-bond acceptors (Lipinski definition) is 3. The van der Waals surface area contributed by atoms with Crippen LogP contribution in [-0.4, -0.2) is 31.2 Å². The van der Waals surface area contributed by atoms with Crippen LogP contribution in [0, 0.1) is 11.8 Å². The zero-order valence-electron chi connectivity index (χ0n) is 10.3. The Balaban J connectivity index is 2.73.